The first-order valence-corrected chi connectivity index (χ1v) is 10.1. The molecule has 0 aromatic carbocycles. The summed E-state index contributed by atoms with van der Waals surface area (Å²) in [5.41, 5.74) is 0.793. The highest BCUT2D eigenvalue weighted by molar-refractivity contribution is 7.99. The lowest BCUT2D eigenvalue weighted by atomic mass is 10.1. The fourth-order valence-electron chi connectivity index (χ4n) is 3.28. The van der Waals surface area contributed by atoms with E-state index < -0.39 is 0 Å². The normalized spacial score (nSPS) is 14.1. The van der Waals surface area contributed by atoms with Crippen molar-refractivity contribution in [3.8, 4) is 11.8 Å². The summed E-state index contributed by atoms with van der Waals surface area (Å²) in [7, 11) is 1.71. The summed E-state index contributed by atoms with van der Waals surface area (Å²) in [6, 6.07) is 1.75. The van der Waals surface area contributed by atoms with Gasteiger partial charge in [0.2, 0.25) is 5.95 Å². The van der Waals surface area contributed by atoms with Gasteiger partial charge in [0.25, 0.3) is 5.56 Å². The minimum absolute atomic E-state index is 0.142. The van der Waals surface area contributed by atoms with Crippen molar-refractivity contribution in [1.82, 2.24) is 29.1 Å². The summed E-state index contributed by atoms with van der Waals surface area (Å²) in [6.45, 7) is 4.08. The average molecular weight is 395 g/mol. The first-order valence-electron chi connectivity index (χ1n) is 9.25. The maximum Gasteiger partial charge on any atom is 0.280 e. The zero-order valence-electron chi connectivity index (χ0n) is 15.9. The molecule has 1 aliphatic heterocycles. The first-order chi connectivity index (χ1) is 13.7. The average Bonchev–Trinajstić information content (AvgIpc) is 3.10. The number of aromatic nitrogens is 6. The van der Waals surface area contributed by atoms with Crippen molar-refractivity contribution in [2.75, 3.05) is 18.0 Å². The van der Waals surface area contributed by atoms with Crippen molar-refractivity contribution in [2.24, 2.45) is 7.05 Å². The quantitative estimate of drug-likeness (QED) is 0.494. The van der Waals surface area contributed by atoms with E-state index in [2.05, 4.69) is 31.7 Å². The van der Waals surface area contributed by atoms with Crippen molar-refractivity contribution in [2.45, 2.75) is 43.0 Å². The van der Waals surface area contributed by atoms with Gasteiger partial charge in [-0.25, -0.2) is 15.0 Å². The van der Waals surface area contributed by atoms with Crippen LogP contribution < -0.4 is 10.5 Å². The fourth-order valence-corrected chi connectivity index (χ4v) is 4.03. The van der Waals surface area contributed by atoms with E-state index in [1.165, 1.54) is 22.7 Å². The topological polar surface area (TPSA) is 81.7 Å². The molecule has 0 unspecified atom stereocenters. The highest BCUT2D eigenvalue weighted by Crippen LogP contribution is 2.26. The van der Waals surface area contributed by atoms with Crippen molar-refractivity contribution in [1.29, 1.82) is 0 Å². The van der Waals surface area contributed by atoms with Crippen molar-refractivity contribution in [3.63, 3.8) is 0 Å². The molecule has 0 saturated carbocycles. The van der Waals surface area contributed by atoms with E-state index in [1.54, 1.807) is 32.4 Å². The molecule has 1 aliphatic rings. The molecule has 1 saturated heterocycles. The number of imidazole rings is 1. The summed E-state index contributed by atoms with van der Waals surface area (Å²) >= 11 is 1.25. The third-order valence-corrected chi connectivity index (χ3v) is 5.64. The third kappa shape index (κ3) is 3.47. The van der Waals surface area contributed by atoms with Crippen molar-refractivity contribution < 1.29 is 0 Å². The lowest BCUT2D eigenvalue weighted by Crippen LogP contribution is -2.32. The summed E-state index contributed by atoms with van der Waals surface area (Å²) in [5.74, 6) is 6.76. The second-order valence-corrected chi connectivity index (χ2v) is 7.47. The van der Waals surface area contributed by atoms with Crippen LogP contribution in [0.25, 0.3) is 11.2 Å². The molecule has 0 amide bonds. The van der Waals surface area contributed by atoms with E-state index >= 15 is 0 Å². The Bertz CT molecular complexity index is 1100. The molecule has 9 heteroatoms. The SMILES string of the molecule is CC#CCn1c(N2CCCCC2)nc2nc(Sc3ncccn3)n(C)c(=O)c21. The number of rotatable bonds is 4. The molecule has 0 bridgehead atoms. The molecule has 4 heterocycles. The zero-order valence-corrected chi connectivity index (χ0v) is 16.7. The minimum Gasteiger partial charge on any atom is -0.342 e. The zero-order chi connectivity index (χ0) is 19.5. The first kappa shape index (κ1) is 18.5. The molecule has 0 radical (unpaired) electrons. The smallest absolute Gasteiger partial charge is 0.280 e. The van der Waals surface area contributed by atoms with Crippen molar-refractivity contribution >= 4 is 28.9 Å². The van der Waals surface area contributed by atoms with Crippen LogP contribution in [0.4, 0.5) is 5.95 Å². The highest BCUT2D eigenvalue weighted by Gasteiger charge is 2.23. The Labute approximate surface area is 167 Å². The molecule has 8 nitrogen and oxygen atoms in total. The number of piperidine rings is 1. The number of nitrogens with zero attached hydrogens (tertiary/aromatic N) is 7. The molecule has 4 rings (SSSR count). The van der Waals surface area contributed by atoms with E-state index in [-0.39, 0.29) is 5.56 Å². The molecule has 0 atom stereocenters. The Morgan fingerprint density at radius 1 is 1.14 bits per heavy atom. The van der Waals surface area contributed by atoms with E-state index in [9.17, 15) is 4.79 Å². The second-order valence-electron chi connectivity index (χ2n) is 6.54. The monoisotopic (exact) mass is 395 g/mol. The van der Waals surface area contributed by atoms with Crippen molar-refractivity contribution in [3.05, 3.63) is 28.8 Å². The summed E-state index contributed by atoms with van der Waals surface area (Å²) < 4.78 is 3.43. The molecular weight excluding hydrogens is 374 g/mol. The summed E-state index contributed by atoms with van der Waals surface area (Å²) in [4.78, 5) is 33.2. The second kappa shape index (κ2) is 8.02. The molecule has 3 aromatic rings. The molecule has 0 aliphatic carbocycles. The molecule has 1 fully saturated rings. The summed E-state index contributed by atoms with van der Waals surface area (Å²) in [5, 5.41) is 1.05. The van der Waals surface area contributed by atoms with E-state index in [4.69, 9.17) is 4.98 Å². The van der Waals surface area contributed by atoms with Crippen LogP contribution in [0.1, 0.15) is 26.2 Å². The number of hydrogen-bond acceptors (Lipinski definition) is 7. The molecular formula is C19H21N7OS. The van der Waals surface area contributed by atoms with Crippen LogP contribution in [0, 0.1) is 11.8 Å². The van der Waals surface area contributed by atoms with E-state index in [1.807, 2.05) is 4.57 Å². The Balaban J connectivity index is 1.85. The van der Waals surface area contributed by atoms with Gasteiger partial charge in [-0.1, -0.05) is 5.92 Å². The van der Waals surface area contributed by atoms with E-state index in [0.29, 0.717) is 28.0 Å². The molecule has 3 aromatic heterocycles. The minimum atomic E-state index is -0.142. The predicted octanol–water partition coefficient (Wildman–Crippen LogP) is 2.08. The largest absolute Gasteiger partial charge is 0.342 e. The van der Waals surface area contributed by atoms with Gasteiger partial charge >= 0.3 is 0 Å². The van der Waals surface area contributed by atoms with Gasteiger partial charge in [0, 0.05) is 32.5 Å². The maximum absolute atomic E-state index is 13.2. The Hall–Kier alpha value is -2.86. The van der Waals surface area contributed by atoms with Gasteiger partial charge in [-0.3, -0.25) is 13.9 Å². The molecule has 144 valence electrons. The van der Waals surface area contributed by atoms with Crippen LogP contribution in [0.15, 0.2) is 33.6 Å². The molecule has 0 spiro atoms. The number of fused-ring (bicyclic) bond motifs is 1. The molecule has 28 heavy (non-hydrogen) atoms. The van der Waals surface area contributed by atoms with Crippen LogP contribution in [0.2, 0.25) is 0 Å². The van der Waals surface area contributed by atoms with Crippen LogP contribution in [0.5, 0.6) is 0 Å². The van der Waals surface area contributed by atoms with E-state index in [0.717, 1.165) is 31.9 Å². The van der Waals surface area contributed by atoms with Crippen LogP contribution in [-0.2, 0) is 13.6 Å². The highest BCUT2D eigenvalue weighted by atomic mass is 32.2. The fraction of sp³-hybridized carbons (Fsp3) is 0.421. The van der Waals surface area contributed by atoms with Gasteiger partial charge in [-0.2, -0.15) is 4.98 Å². The molecule has 0 N–H and O–H groups in total. The lowest BCUT2D eigenvalue weighted by Gasteiger charge is -2.27. The Morgan fingerprint density at radius 3 is 2.61 bits per heavy atom. The summed E-state index contributed by atoms with van der Waals surface area (Å²) in [6.07, 6.45) is 6.81. The van der Waals surface area contributed by atoms with Gasteiger partial charge in [0.15, 0.2) is 21.5 Å². The Kier molecular flexibility index (Phi) is 5.30. The van der Waals surface area contributed by atoms with Crippen LogP contribution >= 0.6 is 11.8 Å². The Morgan fingerprint density at radius 2 is 1.89 bits per heavy atom. The van der Waals surface area contributed by atoms with Gasteiger partial charge in [0.1, 0.15) is 0 Å². The predicted molar refractivity (Wildman–Crippen MR) is 108 cm³/mol. The van der Waals surface area contributed by atoms with Crippen LogP contribution in [0.3, 0.4) is 0 Å². The van der Waals surface area contributed by atoms with Gasteiger partial charge < -0.3 is 4.90 Å². The third-order valence-electron chi connectivity index (χ3n) is 4.70. The van der Waals surface area contributed by atoms with Gasteiger partial charge in [0.05, 0.1) is 6.54 Å². The lowest BCUT2D eigenvalue weighted by molar-refractivity contribution is 0.561. The van der Waals surface area contributed by atoms with Crippen LogP contribution in [-0.4, -0.2) is 42.2 Å². The number of anilines is 1. The van der Waals surface area contributed by atoms with Gasteiger partial charge in [-0.05, 0) is 44.0 Å². The number of hydrogen-bond donors (Lipinski definition) is 0. The maximum atomic E-state index is 13.2. The standard InChI is InChI=1S/C19H21N7OS/c1-3-4-13-26-14-15(22-18(26)25-11-6-5-7-12-25)23-19(24(2)16(14)27)28-17-20-9-8-10-21-17/h8-10H,5-7,11-13H2,1-2H3. The van der Waals surface area contributed by atoms with Gasteiger partial charge in [-0.15, -0.1) is 5.92 Å².